The van der Waals surface area contributed by atoms with Crippen molar-refractivity contribution < 1.29 is 29.4 Å². The van der Waals surface area contributed by atoms with Gasteiger partial charge in [0.25, 0.3) is 0 Å². The van der Waals surface area contributed by atoms with Crippen LogP contribution in [0, 0.1) is 5.92 Å². The average molecular weight is 612 g/mol. The molecule has 0 radical (unpaired) electrons. The predicted octanol–water partition coefficient (Wildman–Crippen LogP) is 2.32. The molecule has 8 N–H and O–H groups in total. The lowest BCUT2D eigenvalue weighted by Gasteiger charge is -2.26. The van der Waals surface area contributed by atoms with Crippen molar-refractivity contribution >= 4 is 46.4 Å². The summed E-state index contributed by atoms with van der Waals surface area (Å²) in [6, 6.07) is 9.64. The van der Waals surface area contributed by atoms with Crippen LogP contribution < -0.4 is 21.7 Å². The van der Waals surface area contributed by atoms with Gasteiger partial charge in [-0.1, -0.05) is 50.6 Å². The number of phenols is 1. The molecule has 2 aromatic carbocycles. The van der Waals surface area contributed by atoms with Crippen molar-refractivity contribution in [2.75, 3.05) is 12.0 Å². The normalized spacial score (nSPS) is 14.7. The fraction of sp³-hybridized carbons (Fsp3) is 0.419. The maximum atomic E-state index is 13.6. The predicted molar refractivity (Wildman–Crippen MR) is 168 cm³/mol. The number of hydrogen-bond acceptors (Lipinski definition) is 7. The van der Waals surface area contributed by atoms with E-state index in [0.717, 1.165) is 16.5 Å². The first-order chi connectivity index (χ1) is 20.5. The largest absolute Gasteiger partial charge is 0.508 e. The third-order valence-corrected chi connectivity index (χ3v) is 8.13. The fourth-order valence-electron chi connectivity index (χ4n) is 4.70. The SMILES string of the molecule is CCC(C)C(NC(=O)C(Cc1ccc(O)cc1)NC(=O)C(CCSC)NC(=O)C(N)Cc1c[nH]c2ccccc12)C(=O)O. The Bertz CT molecular complexity index is 1390. The number of nitrogens with two attached hydrogens (primary N) is 1. The van der Waals surface area contributed by atoms with Crippen molar-refractivity contribution in [1.29, 1.82) is 0 Å². The van der Waals surface area contributed by atoms with Crippen LogP contribution in [-0.4, -0.2) is 75.1 Å². The Morgan fingerprint density at radius 2 is 1.58 bits per heavy atom. The van der Waals surface area contributed by atoms with Gasteiger partial charge in [-0.15, -0.1) is 0 Å². The molecule has 1 heterocycles. The Balaban J connectivity index is 1.77. The molecule has 0 fully saturated rings. The minimum Gasteiger partial charge on any atom is -0.508 e. The number of para-hydroxylation sites is 1. The Hall–Kier alpha value is -4.03. The molecule has 5 atom stereocenters. The number of thioether (sulfide) groups is 1. The summed E-state index contributed by atoms with van der Waals surface area (Å²) in [5.74, 6) is -2.68. The summed E-state index contributed by atoms with van der Waals surface area (Å²) >= 11 is 1.50. The lowest BCUT2D eigenvalue weighted by molar-refractivity contribution is -0.143. The summed E-state index contributed by atoms with van der Waals surface area (Å²) in [6.07, 6.45) is 4.79. The van der Waals surface area contributed by atoms with E-state index in [1.807, 2.05) is 43.6 Å². The molecule has 0 aliphatic heterocycles. The molecule has 232 valence electrons. The first kappa shape index (κ1) is 33.5. The van der Waals surface area contributed by atoms with Crippen LogP contribution in [0.5, 0.6) is 5.75 Å². The maximum absolute atomic E-state index is 13.6. The summed E-state index contributed by atoms with van der Waals surface area (Å²) in [4.78, 5) is 55.1. The number of H-pyrrole nitrogens is 1. The highest BCUT2D eigenvalue weighted by atomic mass is 32.2. The summed E-state index contributed by atoms with van der Waals surface area (Å²) in [5, 5.41) is 28.4. The van der Waals surface area contributed by atoms with Gasteiger partial charge in [-0.3, -0.25) is 14.4 Å². The van der Waals surface area contributed by atoms with E-state index in [2.05, 4.69) is 20.9 Å². The second-order valence-corrected chi connectivity index (χ2v) is 11.6. The van der Waals surface area contributed by atoms with Crippen molar-refractivity contribution in [2.45, 2.75) is 63.7 Å². The Labute approximate surface area is 255 Å². The number of hydrogen-bond donors (Lipinski definition) is 7. The fourth-order valence-corrected chi connectivity index (χ4v) is 5.17. The number of carbonyl (C=O) groups is 4. The van der Waals surface area contributed by atoms with E-state index in [-0.39, 0.29) is 30.9 Å². The molecule has 0 saturated carbocycles. The summed E-state index contributed by atoms with van der Waals surface area (Å²) < 4.78 is 0. The number of nitrogens with one attached hydrogen (secondary N) is 4. The molecule has 3 rings (SSSR count). The van der Waals surface area contributed by atoms with Gasteiger partial charge in [0.1, 0.15) is 23.9 Å². The first-order valence-corrected chi connectivity index (χ1v) is 15.6. The van der Waals surface area contributed by atoms with E-state index < -0.39 is 47.9 Å². The number of aromatic nitrogens is 1. The summed E-state index contributed by atoms with van der Waals surface area (Å²) in [5.41, 5.74) is 8.71. The molecule has 43 heavy (non-hydrogen) atoms. The molecule has 3 amide bonds. The van der Waals surface area contributed by atoms with E-state index >= 15 is 0 Å². The highest BCUT2D eigenvalue weighted by molar-refractivity contribution is 7.98. The molecule has 1 aromatic heterocycles. The quantitative estimate of drug-likeness (QED) is 0.129. The number of phenolic OH excluding ortho intramolecular Hbond substituents is 1. The van der Waals surface area contributed by atoms with Crippen LogP contribution in [0.4, 0.5) is 0 Å². The number of rotatable bonds is 16. The van der Waals surface area contributed by atoms with Gasteiger partial charge in [0.05, 0.1) is 6.04 Å². The third kappa shape index (κ3) is 9.48. The van der Waals surface area contributed by atoms with Crippen LogP contribution >= 0.6 is 11.8 Å². The minimum atomic E-state index is -1.17. The van der Waals surface area contributed by atoms with Crippen LogP contribution in [0.3, 0.4) is 0 Å². The van der Waals surface area contributed by atoms with Crippen molar-refractivity contribution in [1.82, 2.24) is 20.9 Å². The summed E-state index contributed by atoms with van der Waals surface area (Å²) in [7, 11) is 0. The average Bonchev–Trinajstić information content (AvgIpc) is 3.40. The van der Waals surface area contributed by atoms with Crippen molar-refractivity contribution in [3.8, 4) is 5.75 Å². The zero-order valence-electron chi connectivity index (χ0n) is 24.6. The number of amides is 3. The molecule has 0 spiro atoms. The van der Waals surface area contributed by atoms with Crippen LogP contribution in [0.1, 0.15) is 37.8 Å². The first-order valence-electron chi connectivity index (χ1n) is 14.2. The standard InChI is InChI=1S/C31H41N5O6S/c1-4-18(2)27(31(41)42)36-30(40)26(15-19-9-11-21(37)12-10-19)35-29(39)25(13-14-43-3)34-28(38)23(32)16-20-17-33-24-8-6-5-7-22(20)24/h5-12,17-18,23,25-27,33,37H,4,13-16,32H2,1-3H3,(H,34,38)(H,35,39)(H,36,40)(H,41,42). The molecular weight excluding hydrogens is 570 g/mol. The van der Waals surface area contributed by atoms with Gasteiger partial charge in [-0.25, -0.2) is 4.79 Å². The van der Waals surface area contributed by atoms with Gasteiger partial charge in [0.2, 0.25) is 17.7 Å². The summed E-state index contributed by atoms with van der Waals surface area (Å²) in [6.45, 7) is 3.55. The Morgan fingerprint density at radius 1 is 0.930 bits per heavy atom. The number of aromatic amines is 1. The number of aromatic hydroxyl groups is 1. The van der Waals surface area contributed by atoms with Gasteiger partial charge in [0, 0.05) is 23.5 Å². The smallest absolute Gasteiger partial charge is 0.326 e. The zero-order chi connectivity index (χ0) is 31.5. The zero-order valence-corrected chi connectivity index (χ0v) is 25.4. The Morgan fingerprint density at radius 3 is 2.23 bits per heavy atom. The molecule has 3 aromatic rings. The number of aliphatic carboxylic acids is 1. The monoisotopic (exact) mass is 611 g/mol. The van der Waals surface area contributed by atoms with Crippen LogP contribution in [0.15, 0.2) is 54.7 Å². The molecule has 0 aliphatic rings. The number of benzene rings is 2. The van der Waals surface area contributed by atoms with Gasteiger partial charge < -0.3 is 36.9 Å². The number of carboxylic acid groups (broad SMARTS) is 1. The van der Waals surface area contributed by atoms with Crippen molar-refractivity contribution in [2.24, 2.45) is 11.7 Å². The molecule has 11 nitrogen and oxygen atoms in total. The van der Waals surface area contributed by atoms with Crippen LogP contribution in [-0.2, 0) is 32.0 Å². The Kier molecular flexibility index (Phi) is 12.4. The maximum Gasteiger partial charge on any atom is 0.326 e. The third-order valence-electron chi connectivity index (χ3n) is 7.48. The van der Waals surface area contributed by atoms with Crippen LogP contribution in [0.25, 0.3) is 10.9 Å². The molecule has 0 bridgehead atoms. The second-order valence-electron chi connectivity index (χ2n) is 10.7. The van der Waals surface area contributed by atoms with Gasteiger partial charge in [0.15, 0.2) is 0 Å². The number of carbonyl (C=O) groups excluding carboxylic acids is 3. The van der Waals surface area contributed by atoms with Gasteiger partial charge in [-0.2, -0.15) is 11.8 Å². The molecule has 0 saturated heterocycles. The van der Waals surface area contributed by atoms with E-state index in [1.54, 1.807) is 19.1 Å². The van der Waals surface area contributed by atoms with E-state index in [0.29, 0.717) is 17.7 Å². The van der Waals surface area contributed by atoms with E-state index in [9.17, 15) is 29.4 Å². The highest BCUT2D eigenvalue weighted by Crippen LogP contribution is 2.19. The van der Waals surface area contributed by atoms with Gasteiger partial charge >= 0.3 is 5.97 Å². The lowest BCUT2D eigenvalue weighted by atomic mass is 9.98. The van der Waals surface area contributed by atoms with Crippen LogP contribution in [0.2, 0.25) is 0 Å². The van der Waals surface area contributed by atoms with Crippen molar-refractivity contribution in [3.05, 3.63) is 65.9 Å². The number of fused-ring (bicyclic) bond motifs is 1. The molecule has 12 heteroatoms. The topological polar surface area (TPSA) is 187 Å². The molecular formula is C31H41N5O6S. The second kappa shape index (κ2) is 16.0. The van der Waals surface area contributed by atoms with E-state index in [4.69, 9.17) is 5.73 Å². The molecule has 0 aliphatic carbocycles. The highest BCUT2D eigenvalue weighted by Gasteiger charge is 2.32. The lowest BCUT2D eigenvalue weighted by Crippen LogP contribution is -2.58. The molecule has 5 unspecified atom stereocenters. The number of carboxylic acids is 1. The van der Waals surface area contributed by atoms with E-state index in [1.165, 1.54) is 23.9 Å². The van der Waals surface area contributed by atoms with Crippen molar-refractivity contribution in [3.63, 3.8) is 0 Å². The minimum absolute atomic E-state index is 0.0357. The van der Waals surface area contributed by atoms with Gasteiger partial charge in [-0.05, 0) is 60.1 Å².